The predicted octanol–water partition coefficient (Wildman–Crippen LogP) is 5.73. The van der Waals surface area contributed by atoms with Crippen LogP contribution in [-0.4, -0.2) is 12.0 Å². The number of amides is 1. The van der Waals surface area contributed by atoms with Crippen LogP contribution in [0.1, 0.15) is 64.0 Å². The molecule has 2 aromatic rings. The fourth-order valence-electron chi connectivity index (χ4n) is 2.88. The number of hydrogen-bond donors (Lipinski definition) is 1. The van der Waals surface area contributed by atoms with Crippen molar-refractivity contribution in [3.8, 4) is 5.75 Å². The van der Waals surface area contributed by atoms with Gasteiger partial charge >= 0.3 is 0 Å². The first-order valence-electron chi connectivity index (χ1n) is 9.09. The van der Waals surface area contributed by atoms with E-state index in [2.05, 4.69) is 51.2 Å². The van der Waals surface area contributed by atoms with E-state index in [0.29, 0.717) is 24.0 Å². The lowest BCUT2D eigenvalue weighted by Crippen LogP contribution is -2.33. The van der Waals surface area contributed by atoms with Gasteiger partial charge in [-0.25, -0.2) is 0 Å². The van der Waals surface area contributed by atoms with Crippen LogP contribution in [-0.2, 0) is 4.79 Å². The molecule has 0 saturated heterocycles. The van der Waals surface area contributed by atoms with E-state index in [9.17, 15) is 4.79 Å². The molecular weight excluding hydrogens is 310 g/mol. The molecule has 0 aliphatic rings. The minimum absolute atomic E-state index is 0.0960. The summed E-state index contributed by atoms with van der Waals surface area (Å²) < 4.78 is 5.89. The maximum Gasteiger partial charge on any atom is 0.265 e. The number of carbonyl (C=O) groups excluding carboxylic acids is 1. The van der Waals surface area contributed by atoms with Crippen molar-refractivity contribution in [2.24, 2.45) is 0 Å². The Kier molecular flexibility index (Phi) is 6.63. The highest BCUT2D eigenvalue weighted by Crippen LogP contribution is 2.32. The Balaban J connectivity index is 2.26. The summed E-state index contributed by atoms with van der Waals surface area (Å²) in [7, 11) is 0. The van der Waals surface area contributed by atoms with Crippen molar-refractivity contribution in [1.29, 1.82) is 0 Å². The summed E-state index contributed by atoms with van der Waals surface area (Å²) in [6.45, 7) is 10.5. The van der Waals surface area contributed by atoms with Gasteiger partial charge in [-0.2, -0.15) is 0 Å². The summed E-state index contributed by atoms with van der Waals surface area (Å²) in [5, 5.41) is 3.15. The van der Waals surface area contributed by atoms with Crippen LogP contribution < -0.4 is 10.1 Å². The molecule has 0 aromatic heterocycles. The molecule has 0 spiro atoms. The average Bonchev–Trinajstić information content (AvgIpc) is 2.60. The zero-order chi connectivity index (χ0) is 18.4. The molecule has 1 N–H and O–H groups in total. The van der Waals surface area contributed by atoms with Gasteiger partial charge in [-0.15, -0.1) is 0 Å². The van der Waals surface area contributed by atoms with Gasteiger partial charge in [0, 0.05) is 5.69 Å². The molecule has 3 heteroatoms. The molecule has 25 heavy (non-hydrogen) atoms. The summed E-state index contributed by atoms with van der Waals surface area (Å²) in [6.07, 6.45) is 0.101. The Morgan fingerprint density at radius 1 is 0.920 bits per heavy atom. The van der Waals surface area contributed by atoms with E-state index in [1.54, 1.807) is 0 Å². The van der Waals surface area contributed by atoms with E-state index in [1.807, 2.05) is 37.3 Å². The number of hydrogen-bond acceptors (Lipinski definition) is 2. The number of carbonyl (C=O) groups is 1. The van der Waals surface area contributed by atoms with Gasteiger partial charge in [0.15, 0.2) is 6.10 Å². The third kappa shape index (κ3) is 4.85. The van der Waals surface area contributed by atoms with Crippen molar-refractivity contribution in [2.45, 2.75) is 59.0 Å². The van der Waals surface area contributed by atoms with Gasteiger partial charge in [-0.3, -0.25) is 4.79 Å². The molecule has 0 fully saturated rings. The van der Waals surface area contributed by atoms with Crippen LogP contribution in [0.2, 0.25) is 0 Å². The van der Waals surface area contributed by atoms with Crippen LogP contribution in [0.3, 0.4) is 0 Å². The van der Waals surface area contributed by atoms with Crippen molar-refractivity contribution in [3.63, 3.8) is 0 Å². The second-order valence-corrected chi connectivity index (χ2v) is 6.94. The standard InChI is InChI=1S/C22H29NO2/c1-6-20(25-17-11-8-7-9-12-17)22(24)23-21-18(15(2)3)13-10-14-19(21)16(4)5/h7-16,20H,6H2,1-5H3,(H,23,24)/t20-/m0/s1. The lowest BCUT2D eigenvalue weighted by atomic mass is 9.92. The van der Waals surface area contributed by atoms with Crippen LogP contribution in [0, 0.1) is 0 Å². The third-order valence-corrected chi connectivity index (χ3v) is 4.31. The molecule has 0 radical (unpaired) electrons. The van der Waals surface area contributed by atoms with Gasteiger partial charge < -0.3 is 10.1 Å². The maximum atomic E-state index is 12.9. The summed E-state index contributed by atoms with van der Waals surface area (Å²) in [6, 6.07) is 15.7. The first-order chi connectivity index (χ1) is 11.9. The molecule has 0 heterocycles. The van der Waals surface area contributed by atoms with Crippen LogP contribution in [0.25, 0.3) is 0 Å². The highest BCUT2D eigenvalue weighted by molar-refractivity contribution is 5.96. The zero-order valence-corrected chi connectivity index (χ0v) is 15.9. The van der Waals surface area contributed by atoms with Gasteiger partial charge in [0.05, 0.1) is 0 Å². The molecule has 1 atom stereocenters. The largest absolute Gasteiger partial charge is 0.481 e. The van der Waals surface area contributed by atoms with Crippen molar-refractivity contribution in [3.05, 3.63) is 59.7 Å². The lowest BCUT2D eigenvalue weighted by molar-refractivity contribution is -0.122. The van der Waals surface area contributed by atoms with Crippen LogP contribution in [0.15, 0.2) is 48.5 Å². The zero-order valence-electron chi connectivity index (χ0n) is 15.9. The van der Waals surface area contributed by atoms with Gasteiger partial charge in [0.1, 0.15) is 5.75 Å². The molecule has 0 aliphatic carbocycles. The molecule has 0 unspecified atom stereocenters. The summed E-state index contributed by atoms with van der Waals surface area (Å²) in [5.74, 6) is 1.29. The minimum Gasteiger partial charge on any atom is -0.481 e. The van der Waals surface area contributed by atoms with Crippen molar-refractivity contribution >= 4 is 11.6 Å². The maximum absolute atomic E-state index is 12.9. The Morgan fingerprint density at radius 3 is 1.96 bits per heavy atom. The average molecular weight is 339 g/mol. The summed E-state index contributed by atoms with van der Waals surface area (Å²) in [5.41, 5.74) is 3.26. The highest BCUT2D eigenvalue weighted by atomic mass is 16.5. The van der Waals surface area contributed by atoms with Crippen molar-refractivity contribution in [1.82, 2.24) is 0 Å². The Bertz CT molecular complexity index is 666. The fourth-order valence-corrected chi connectivity index (χ4v) is 2.88. The second-order valence-electron chi connectivity index (χ2n) is 6.94. The van der Waals surface area contributed by atoms with Crippen molar-refractivity contribution in [2.75, 3.05) is 5.32 Å². The van der Waals surface area contributed by atoms with Gasteiger partial charge in [-0.05, 0) is 41.5 Å². The third-order valence-electron chi connectivity index (χ3n) is 4.31. The normalized spacial score (nSPS) is 12.3. The van der Waals surface area contributed by atoms with E-state index in [1.165, 1.54) is 0 Å². The molecule has 2 aromatic carbocycles. The number of anilines is 1. The van der Waals surface area contributed by atoms with Gasteiger partial charge in [-0.1, -0.05) is 71.0 Å². The lowest BCUT2D eigenvalue weighted by Gasteiger charge is -2.23. The molecule has 2 rings (SSSR count). The number of nitrogens with one attached hydrogen (secondary N) is 1. The molecule has 0 bridgehead atoms. The predicted molar refractivity (Wildman–Crippen MR) is 104 cm³/mol. The number of benzene rings is 2. The van der Waals surface area contributed by atoms with Crippen LogP contribution >= 0.6 is 0 Å². The number of ether oxygens (including phenoxy) is 1. The minimum atomic E-state index is -0.511. The van der Waals surface area contributed by atoms with E-state index >= 15 is 0 Å². The van der Waals surface area contributed by atoms with E-state index in [-0.39, 0.29) is 5.91 Å². The second kappa shape index (κ2) is 8.70. The monoisotopic (exact) mass is 339 g/mol. The highest BCUT2D eigenvalue weighted by Gasteiger charge is 2.22. The number of para-hydroxylation sites is 2. The molecule has 3 nitrogen and oxygen atoms in total. The number of rotatable bonds is 7. The molecule has 0 aliphatic heterocycles. The first kappa shape index (κ1) is 19.0. The van der Waals surface area contributed by atoms with Crippen LogP contribution in [0.4, 0.5) is 5.69 Å². The summed E-state index contributed by atoms with van der Waals surface area (Å²) in [4.78, 5) is 12.9. The molecule has 1 amide bonds. The quantitative estimate of drug-likeness (QED) is 0.699. The Hall–Kier alpha value is -2.29. The van der Waals surface area contributed by atoms with E-state index < -0.39 is 6.10 Å². The van der Waals surface area contributed by atoms with Crippen molar-refractivity contribution < 1.29 is 9.53 Å². The molecule has 0 saturated carbocycles. The smallest absolute Gasteiger partial charge is 0.265 e. The van der Waals surface area contributed by atoms with Gasteiger partial charge in [0.2, 0.25) is 0 Å². The summed E-state index contributed by atoms with van der Waals surface area (Å²) >= 11 is 0. The van der Waals surface area contributed by atoms with E-state index in [4.69, 9.17) is 4.74 Å². The van der Waals surface area contributed by atoms with Gasteiger partial charge in [0.25, 0.3) is 5.91 Å². The topological polar surface area (TPSA) is 38.3 Å². The Morgan fingerprint density at radius 2 is 1.48 bits per heavy atom. The first-order valence-corrected chi connectivity index (χ1v) is 9.09. The SMILES string of the molecule is CC[C@H](Oc1ccccc1)C(=O)Nc1c(C(C)C)cccc1C(C)C. The fraction of sp³-hybridized carbons (Fsp3) is 0.409. The molecular formula is C22H29NO2. The van der Waals surface area contributed by atoms with E-state index in [0.717, 1.165) is 16.8 Å². The van der Waals surface area contributed by atoms with Crippen LogP contribution in [0.5, 0.6) is 5.75 Å². The Labute approximate surface area is 151 Å². The molecule has 134 valence electrons.